The third-order valence-electron chi connectivity index (χ3n) is 5.69. The summed E-state index contributed by atoms with van der Waals surface area (Å²) < 4.78 is 1.71. The predicted molar refractivity (Wildman–Crippen MR) is 114 cm³/mol. The van der Waals surface area contributed by atoms with Crippen LogP contribution in [-0.4, -0.2) is 9.55 Å². The van der Waals surface area contributed by atoms with Gasteiger partial charge in [0.25, 0.3) is 5.56 Å². The second kappa shape index (κ2) is 8.39. The number of fused-ring (bicyclic) bond motifs is 3. The number of aromatic nitrogens is 2. The Balaban J connectivity index is 1.78. The smallest absolute Gasteiger partial charge is 0.266 e. The highest BCUT2D eigenvalue weighted by atomic mass is 32.1. The summed E-state index contributed by atoms with van der Waals surface area (Å²) in [5.74, 6) is 0. The van der Waals surface area contributed by atoms with Crippen LogP contribution in [0.15, 0.2) is 35.4 Å². The Morgan fingerprint density at radius 2 is 1.52 bits per heavy atom. The summed E-state index contributed by atoms with van der Waals surface area (Å²) in [6.07, 6.45) is 14.2. The van der Waals surface area contributed by atoms with Crippen LogP contribution in [0.1, 0.15) is 67.4 Å². The Hall–Kier alpha value is -1.94. The molecule has 2 heterocycles. The molecule has 0 saturated heterocycles. The van der Waals surface area contributed by atoms with Gasteiger partial charge in [-0.05, 0) is 50.3 Å². The number of rotatable bonds is 1. The quantitative estimate of drug-likeness (QED) is 0.521. The molecule has 0 saturated carbocycles. The minimum Gasteiger partial charge on any atom is -0.268 e. The molecule has 0 N–H and O–H groups in total. The van der Waals surface area contributed by atoms with Crippen molar-refractivity contribution < 1.29 is 0 Å². The summed E-state index contributed by atoms with van der Waals surface area (Å²) in [7, 11) is 0. The van der Waals surface area contributed by atoms with Crippen LogP contribution in [0.5, 0.6) is 0 Å². The molecule has 3 nitrogen and oxygen atoms in total. The maximum atomic E-state index is 13.4. The van der Waals surface area contributed by atoms with Gasteiger partial charge in [0.2, 0.25) is 0 Å². The molecule has 142 valence electrons. The Kier molecular flexibility index (Phi) is 5.72. The van der Waals surface area contributed by atoms with E-state index in [-0.39, 0.29) is 5.56 Å². The second-order valence-corrected chi connectivity index (χ2v) is 8.85. The van der Waals surface area contributed by atoms with E-state index in [1.807, 2.05) is 24.3 Å². The van der Waals surface area contributed by atoms with E-state index in [9.17, 15) is 4.79 Å². The van der Waals surface area contributed by atoms with Crippen LogP contribution >= 0.6 is 11.3 Å². The Morgan fingerprint density at radius 1 is 0.889 bits per heavy atom. The highest BCUT2D eigenvalue weighted by Gasteiger charge is 2.18. The molecular formula is C23H28N2OS. The van der Waals surface area contributed by atoms with E-state index in [0.717, 1.165) is 28.7 Å². The summed E-state index contributed by atoms with van der Waals surface area (Å²) in [6, 6.07) is 8.10. The zero-order chi connectivity index (χ0) is 18.6. The lowest BCUT2D eigenvalue weighted by molar-refractivity contribution is 0.562. The van der Waals surface area contributed by atoms with Gasteiger partial charge in [-0.25, -0.2) is 4.98 Å². The molecule has 0 radical (unpaired) electrons. The van der Waals surface area contributed by atoms with Gasteiger partial charge in [-0.1, -0.05) is 56.2 Å². The fourth-order valence-corrected chi connectivity index (χ4v) is 5.32. The molecule has 1 aromatic carbocycles. The van der Waals surface area contributed by atoms with Crippen LogP contribution in [0.4, 0.5) is 0 Å². The zero-order valence-electron chi connectivity index (χ0n) is 16.2. The van der Waals surface area contributed by atoms with Gasteiger partial charge < -0.3 is 0 Å². The van der Waals surface area contributed by atoms with Crippen LogP contribution in [0.3, 0.4) is 0 Å². The van der Waals surface area contributed by atoms with Crippen molar-refractivity contribution in [1.29, 1.82) is 0 Å². The van der Waals surface area contributed by atoms with E-state index in [4.69, 9.17) is 0 Å². The Morgan fingerprint density at radius 3 is 2.22 bits per heavy atom. The SMILES string of the molecule is Cc1ccc(-n2cnc3sc4c(c3c2=O)CCCCCCCCCC4)cc1. The van der Waals surface area contributed by atoms with E-state index in [1.54, 1.807) is 22.2 Å². The minimum absolute atomic E-state index is 0.0912. The molecule has 4 rings (SSSR count). The number of aryl methyl sites for hydroxylation is 3. The van der Waals surface area contributed by atoms with E-state index >= 15 is 0 Å². The average Bonchev–Trinajstić information content (AvgIpc) is 3.01. The van der Waals surface area contributed by atoms with Gasteiger partial charge in [0.15, 0.2) is 0 Å². The Labute approximate surface area is 165 Å². The normalized spacial score (nSPS) is 16.5. The van der Waals surface area contributed by atoms with Gasteiger partial charge in [0.05, 0.1) is 11.1 Å². The fourth-order valence-electron chi connectivity index (χ4n) is 4.10. The van der Waals surface area contributed by atoms with Crippen molar-refractivity contribution >= 4 is 21.6 Å². The summed E-state index contributed by atoms with van der Waals surface area (Å²) in [6.45, 7) is 2.06. The number of thiophene rings is 1. The molecule has 3 aromatic rings. The van der Waals surface area contributed by atoms with Gasteiger partial charge in [0.1, 0.15) is 11.2 Å². The van der Waals surface area contributed by atoms with Crippen molar-refractivity contribution in [2.24, 2.45) is 0 Å². The second-order valence-electron chi connectivity index (χ2n) is 7.77. The molecule has 2 aromatic heterocycles. The molecule has 0 bridgehead atoms. The van der Waals surface area contributed by atoms with Crippen molar-refractivity contribution in [3.05, 3.63) is 57.0 Å². The van der Waals surface area contributed by atoms with E-state index in [2.05, 4.69) is 11.9 Å². The zero-order valence-corrected chi connectivity index (χ0v) is 17.0. The number of hydrogen-bond donors (Lipinski definition) is 0. The lowest BCUT2D eigenvalue weighted by Crippen LogP contribution is -2.19. The minimum atomic E-state index is 0.0912. The highest BCUT2D eigenvalue weighted by molar-refractivity contribution is 7.18. The maximum absolute atomic E-state index is 13.4. The molecular weight excluding hydrogens is 352 g/mol. The molecule has 0 atom stereocenters. The van der Waals surface area contributed by atoms with Crippen molar-refractivity contribution in [1.82, 2.24) is 9.55 Å². The molecule has 0 amide bonds. The van der Waals surface area contributed by atoms with Gasteiger partial charge in [-0.2, -0.15) is 0 Å². The van der Waals surface area contributed by atoms with E-state index in [0.29, 0.717) is 0 Å². The van der Waals surface area contributed by atoms with E-state index in [1.165, 1.54) is 67.4 Å². The molecule has 0 unspecified atom stereocenters. The van der Waals surface area contributed by atoms with Gasteiger partial charge >= 0.3 is 0 Å². The standard InChI is InChI=1S/C23H28N2OS/c1-17-12-14-18(15-13-17)25-16-24-22-21(23(25)26)19-10-8-6-4-2-3-5-7-9-11-20(19)27-22/h12-16H,2-11H2,1H3. The first-order chi connectivity index (χ1) is 13.2. The number of hydrogen-bond acceptors (Lipinski definition) is 3. The molecule has 0 spiro atoms. The number of nitrogens with zero attached hydrogens (tertiary/aromatic N) is 2. The lowest BCUT2D eigenvalue weighted by Gasteiger charge is -2.09. The molecule has 1 aliphatic carbocycles. The lowest BCUT2D eigenvalue weighted by atomic mass is 9.99. The summed E-state index contributed by atoms with van der Waals surface area (Å²) in [5.41, 5.74) is 3.47. The summed E-state index contributed by atoms with van der Waals surface area (Å²) in [5, 5.41) is 0.870. The van der Waals surface area contributed by atoms with E-state index < -0.39 is 0 Å². The first kappa shape index (κ1) is 18.4. The fraction of sp³-hybridized carbons (Fsp3) is 0.478. The molecule has 1 aliphatic rings. The van der Waals surface area contributed by atoms with Crippen LogP contribution in [0.25, 0.3) is 15.9 Å². The summed E-state index contributed by atoms with van der Waals surface area (Å²) in [4.78, 5) is 20.3. The van der Waals surface area contributed by atoms with Crippen LogP contribution in [0.2, 0.25) is 0 Å². The number of benzene rings is 1. The topological polar surface area (TPSA) is 34.9 Å². The monoisotopic (exact) mass is 380 g/mol. The predicted octanol–water partition coefficient (Wildman–Crippen LogP) is 5.98. The largest absolute Gasteiger partial charge is 0.268 e. The molecule has 0 aliphatic heterocycles. The first-order valence-electron chi connectivity index (χ1n) is 10.3. The van der Waals surface area contributed by atoms with Gasteiger partial charge in [-0.15, -0.1) is 11.3 Å². The summed E-state index contributed by atoms with van der Waals surface area (Å²) >= 11 is 1.75. The first-order valence-corrected chi connectivity index (χ1v) is 11.1. The van der Waals surface area contributed by atoms with Crippen molar-refractivity contribution in [2.45, 2.75) is 71.1 Å². The van der Waals surface area contributed by atoms with Crippen LogP contribution in [-0.2, 0) is 12.8 Å². The Bertz CT molecular complexity index is 968. The molecule has 27 heavy (non-hydrogen) atoms. The van der Waals surface area contributed by atoms with Gasteiger partial charge in [0, 0.05) is 4.88 Å². The molecule has 4 heteroatoms. The van der Waals surface area contributed by atoms with Crippen molar-refractivity contribution in [3.63, 3.8) is 0 Å². The van der Waals surface area contributed by atoms with Crippen molar-refractivity contribution in [3.8, 4) is 5.69 Å². The highest BCUT2D eigenvalue weighted by Crippen LogP contribution is 2.31. The molecule has 0 fully saturated rings. The maximum Gasteiger partial charge on any atom is 0.266 e. The average molecular weight is 381 g/mol. The van der Waals surface area contributed by atoms with Gasteiger partial charge in [-0.3, -0.25) is 9.36 Å². The van der Waals surface area contributed by atoms with Crippen LogP contribution < -0.4 is 5.56 Å². The third-order valence-corrected chi connectivity index (χ3v) is 6.89. The third kappa shape index (κ3) is 4.01. The van der Waals surface area contributed by atoms with Crippen molar-refractivity contribution in [2.75, 3.05) is 0 Å². The van der Waals surface area contributed by atoms with Crippen LogP contribution in [0, 0.1) is 6.92 Å².